The van der Waals surface area contributed by atoms with Gasteiger partial charge in [-0.05, 0) is 24.5 Å². The molecule has 1 aromatic rings. The molecular weight excluding hydrogens is 322 g/mol. The van der Waals surface area contributed by atoms with Gasteiger partial charge in [-0.15, -0.1) is 0 Å². The van der Waals surface area contributed by atoms with Crippen molar-refractivity contribution in [2.24, 2.45) is 0 Å². The van der Waals surface area contributed by atoms with Crippen LogP contribution in [0.25, 0.3) is 0 Å². The SMILES string of the molecule is COCCN1C[C@H](c2cccc(F)c2F)CC[C@@H](NC(=O)O)C1=O. The molecule has 0 radical (unpaired) electrons. The van der Waals surface area contributed by atoms with Crippen molar-refractivity contribution < 1.29 is 28.2 Å². The summed E-state index contributed by atoms with van der Waals surface area (Å²) >= 11 is 0. The zero-order chi connectivity index (χ0) is 17.7. The number of hydrogen-bond donors (Lipinski definition) is 2. The van der Waals surface area contributed by atoms with E-state index >= 15 is 0 Å². The van der Waals surface area contributed by atoms with E-state index in [0.29, 0.717) is 6.42 Å². The van der Waals surface area contributed by atoms with Crippen molar-refractivity contribution in [3.63, 3.8) is 0 Å². The van der Waals surface area contributed by atoms with Crippen molar-refractivity contribution in [1.82, 2.24) is 10.2 Å². The minimum atomic E-state index is -1.30. The first-order chi connectivity index (χ1) is 11.4. The molecule has 0 aromatic heterocycles. The summed E-state index contributed by atoms with van der Waals surface area (Å²) in [5.74, 6) is -2.66. The minimum absolute atomic E-state index is 0.181. The average Bonchev–Trinajstić information content (AvgIpc) is 2.68. The van der Waals surface area contributed by atoms with E-state index in [1.807, 2.05) is 0 Å². The third-order valence-electron chi connectivity index (χ3n) is 4.14. The van der Waals surface area contributed by atoms with Crippen molar-refractivity contribution in [3.8, 4) is 0 Å². The number of nitrogens with zero attached hydrogens (tertiary/aromatic N) is 1. The summed E-state index contributed by atoms with van der Waals surface area (Å²) in [5, 5.41) is 11.1. The number of ether oxygens (including phenoxy) is 1. The van der Waals surface area contributed by atoms with E-state index < -0.39 is 29.7 Å². The number of nitrogens with one attached hydrogen (secondary N) is 1. The van der Waals surface area contributed by atoms with E-state index in [9.17, 15) is 18.4 Å². The molecule has 2 rings (SSSR count). The summed E-state index contributed by atoms with van der Waals surface area (Å²) in [6.45, 7) is 0.699. The molecule has 0 unspecified atom stereocenters. The molecule has 2 atom stereocenters. The van der Waals surface area contributed by atoms with Crippen LogP contribution in [0.15, 0.2) is 18.2 Å². The van der Waals surface area contributed by atoms with Crippen LogP contribution in [0, 0.1) is 11.6 Å². The normalized spacial score (nSPS) is 21.5. The summed E-state index contributed by atoms with van der Waals surface area (Å²) in [4.78, 5) is 24.8. The number of carbonyl (C=O) groups excluding carboxylic acids is 1. The summed E-state index contributed by atoms with van der Waals surface area (Å²) in [7, 11) is 1.49. The number of carbonyl (C=O) groups is 2. The standard InChI is InChI=1S/C16H20F2N2O4/c1-24-8-7-20-9-10(11-3-2-4-12(17)14(11)18)5-6-13(15(20)21)19-16(22)23/h2-4,10,13,19H,5-9H2,1H3,(H,22,23)/t10-,13-/m1/s1. The first-order valence-electron chi connectivity index (χ1n) is 7.65. The van der Waals surface area contributed by atoms with Crippen LogP contribution in [-0.4, -0.2) is 54.9 Å². The summed E-state index contributed by atoms with van der Waals surface area (Å²) < 4.78 is 32.6. The van der Waals surface area contributed by atoms with Gasteiger partial charge in [0.15, 0.2) is 11.6 Å². The molecule has 24 heavy (non-hydrogen) atoms. The predicted octanol–water partition coefficient (Wildman–Crippen LogP) is 1.95. The monoisotopic (exact) mass is 342 g/mol. The summed E-state index contributed by atoms with van der Waals surface area (Å²) in [5.41, 5.74) is 0.196. The maximum atomic E-state index is 14.1. The van der Waals surface area contributed by atoms with E-state index in [1.54, 1.807) is 0 Å². The van der Waals surface area contributed by atoms with E-state index in [4.69, 9.17) is 9.84 Å². The molecule has 1 saturated heterocycles. The lowest BCUT2D eigenvalue weighted by Gasteiger charge is -2.26. The van der Waals surface area contributed by atoms with Gasteiger partial charge in [0.25, 0.3) is 0 Å². The van der Waals surface area contributed by atoms with E-state index in [-0.39, 0.29) is 37.6 Å². The second-order valence-electron chi connectivity index (χ2n) is 5.70. The maximum absolute atomic E-state index is 14.1. The third kappa shape index (κ3) is 4.19. The van der Waals surface area contributed by atoms with Gasteiger partial charge < -0.3 is 20.1 Å². The topological polar surface area (TPSA) is 78.9 Å². The van der Waals surface area contributed by atoms with Crippen molar-refractivity contribution in [2.45, 2.75) is 24.8 Å². The number of amides is 2. The third-order valence-corrected chi connectivity index (χ3v) is 4.14. The zero-order valence-corrected chi connectivity index (χ0v) is 13.3. The molecule has 0 aliphatic carbocycles. The van der Waals surface area contributed by atoms with E-state index in [2.05, 4.69) is 5.32 Å². The van der Waals surface area contributed by atoms with Gasteiger partial charge in [0, 0.05) is 26.1 Å². The Labute approximate surface area is 138 Å². The van der Waals surface area contributed by atoms with Crippen LogP contribution >= 0.6 is 0 Å². The summed E-state index contributed by atoms with van der Waals surface area (Å²) in [6, 6.07) is 3.05. The number of methoxy groups -OCH3 is 1. The number of likely N-dealkylation sites (tertiary alicyclic amines) is 1. The quantitative estimate of drug-likeness (QED) is 0.857. The highest BCUT2D eigenvalue weighted by Crippen LogP contribution is 2.29. The highest BCUT2D eigenvalue weighted by atomic mass is 19.2. The zero-order valence-electron chi connectivity index (χ0n) is 13.3. The molecule has 2 amide bonds. The second-order valence-corrected chi connectivity index (χ2v) is 5.70. The molecular formula is C16H20F2N2O4. The van der Waals surface area contributed by atoms with Crippen LogP contribution in [0.2, 0.25) is 0 Å². The van der Waals surface area contributed by atoms with E-state index in [1.165, 1.54) is 24.1 Å². The van der Waals surface area contributed by atoms with Crippen LogP contribution in [0.1, 0.15) is 24.3 Å². The molecule has 1 heterocycles. The largest absolute Gasteiger partial charge is 0.465 e. The number of carboxylic acid groups (broad SMARTS) is 1. The first kappa shape index (κ1) is 18.1. The molecule has 8 heteroatoms. The highest BCUT2D eigenvalue weighted by Gasteiger charge is 2.33. The minimum Gasteiger partial charge on any atom is -0.465 e. The highest BCUT2D eigenvalue weighted by molar-refractivity contribution is 5.85. The smallest absolute Gasteiger partial charge is 0.405 e. The lowest BCUT2D eigenvalue weighted by Crippen LogP contribution is -2.48. The first-order valence-corrected chi connectivity index (χ1v) is 7.65. The van der Waals surface area contributed by atoms with Gasteiger partial charge in [-0.25, -0.2) is 13.6 Å². The van der Waals surface area contributed by atoms with Crippen molar-refractivity contribution in [2.75, 3.05) is 26.8 Å². The fourth-order valence-corrected chi connectivity index (χ4v) is 2.93. The lowest BCUT2D eigenvalue weighted by atomic mass is 9.93. The molecule has 6 nitrogen and oxygen atoms in total. The lowest BCUT2D eigenvalue weighted by molar-refractivity contribution is -0.133. The van der Waals surface area contributed by atoms with Crippen LogP contribution in [0.4, 0.5) is 13.6 Å². The van der Waals surface area contributed by atoms with E-state index in [0.717, 1.165) is 6.07 Å². The molecule has 1 aliphatic heterocycles. The van der Waals surface area contributed by atoms with Gasteiger partial charge >= 0.3 is 6.09 Å². The fourth-order valence-electron chi connectivity index (χ4n) is 2.93. The average molecular weight is 342 g/mol. The van der Waals surface area contributed by atoms with Gasteiger partial charge in [0.2, 0.25) is 5.91 Å². The molecule has 1 aliphatic rings. The van der Waals surface area contributed by atoms with Crippen LogP contribution < -0.4 is 5.32 Å². The van der Waals surface area contributed by atoms with Crippen molar-refractivity contribution in [3.05, 3.63) is 35.4 Å². The van der Waals surface area contributed by atoms with Gasteiger partial charge in [-0.3, -0.25) is 4.79 Å². The fraction of sp³-hybridized carbons (Fsp3) is 0.500. The van der Waals surface area contributed by atoms with Gasteiger partial charge in [0.05, 0.1) is 6.61 Å². The Hall–Kier alpha value is -2.22. The van der Waals surface area contributed by atoms with Crippen LogP contribution in [-0.2, 0) is 9.53 Å². The van der Waals surface area contributed by atoms with Crippen LogP contribution in [0.5, 0.6) is 0 Å². The molecule has 0 bridgehead atoms. The Morgan fingerprint density at radius 2 is 2.17 bits per heavy atom. The molecule has 132 valence electrons. The Bertz CT molecular complexity index is 612. The Morgan fingerprint density at radius 3 is 2.83 bits per heavy atom. The number of benzene rings is 1. The predicted molar refractivity (Wildman–Crippen MR) is 81.7 cm³/mol. The number of halogens is 2. The van der Waals surface area contributed by atoms with Crippen molar-refractivity contribution in [1.29, 1.82) is 0 Å². The Kier molecular flexibility index (Phi) is 6.08. The summed E-state index contributed by atoms with van der Waals surface area (Å²) in [6.07, 6.45) is -0.717. The maximum Gasteiger partial charge on any atom is 0.405 e. The Balaban J connectivity index is 2.26. The molecule has 1 aromatic carbocycles. The molecule has 1 fully saturated rings. The number of hydrogen-bond acceptors (Lipinski definition) is 3. The molecule has 0 saturated carbocycles. The van der Waals surface area contributed by atoms with Gasteiger partial charge in [-0.2, -0.15) is 0 Å². The van der Waals surface area contributed by atoms with Gasteiger partial charge in [0.1, 0.15) is 6.04 Å². The number of rotatable bonds is 5. The van der Waals surface area contributed by atoms with Crippen LogP contribution in [0.3, 0.4) is 0 Å². The van der Waals surface area contributed by atoms with Gasteiger partial charge in [-0.1, -0.05) is 12.1 Å². The molecule has 0 spiro atoms. The molecule has 2 N–H and O–H groups in total. The second kappa shape index (κ2) is 8.05. The Morgan fingerprint density at radius 1 is 1.42 bits per heavy atom. The van der Waals surface area contributed by atoms with Crippen molar-refractivity contribution >= 4 is 12.0 Å².